The second kappa shape index (κ2) is 8.41. The number of hydrogen-bond acceptors (Lipinski definition) is 2. The Balaban J connectivity index is 1.92. The molecule has 10 heteroatoms. The van der Waals surface area contributed by atoms with Crippen LogP contribution in [-0.2, 0) is 18.6 Å². The van der Waals surface area contributed by atoms with Gasteiger partial charge in [-0.05, 0) is 36.5 Å². The summed E-state index contributed by atoms with van der Waals surface area (Å²) in [5.41, 5.74) is -5.13. The molecule has 2 aromatic carbocycles. The van der Waals surface area contributed by atoms with Gasteiger partial charge in [-0.2, -0.15) is 26.3 Å². The van der Waals surface area contributed by atoms with E-state index in [1.54, 1.807) is 24.3 Å². The van der Waals surface area contributed by atoms with Crippen molar-refractivity contribution >= 4 is 11.7 Å². The molecule has 1 aliphatic heterocycles. The number of benzene rings is 2. The van der Waals surface area contributed by atoms with Crippen LogP contribution in [0.15, 0.2) is 48.5 Å². The van der Waals surface area contributed by atoms with E-state index in [0.29, 0.717) is 25.0 Å². The highest BCUT2D eigenvalue weighted by molar-refractivity contribution is 5.93. The highest BCUT2D eigenvalue weighted by Crippen LogP contribution is 2.50. The van der Waals surface area contributed by atoms with Crippen molar-refractivity contribution in [3.8, 4) is 0 Å². The van der Waals surface area contributed by atoms with Crippen LogP contribution < -0.4 is 10.2 Å². The van der Waals surface area contributed by atoms with Crippen LogP contribution in [0.1, 0.15) is 29.5 Å². The molecule has 0 radical (unpaired) electrons. The van der Waals surface area contributed by atoms with Crippen LogP contribution >= 0.6 is 0 Å². The summed E-state index contributed by atoms with van der Waals surface area (Å²) in [6.45, 7) is 0.473. The lowest BCUT2D eigenvalue weighted by Crippen LogP contribution is -2.54. The Kier molecular flexibility index (Phi) is 6.22. The van der Waals surface area contributed by atoms with Crippen LogP contribution in [0, 0.1) is 0 Å². The molecular weight excluding hydrogens is 426 g/mol. The molecule has 0 saturated heterocycles. The maximum atomic E-state index is 13.2. The maximum Gasteiger partial charge on any atom is 0.430 e. The van der Waals surface area contributed by atoms with E-state index in [1.165, 1.54) is 4.90 Å². The summed E-state index contributed by atoms with van der Waals surface area (Å²) in [5, 5.41) is 12.4. The van der Waals surface area contributed by atoms with Gasteiger partial charge in [0, 0.05) is 24.3 Å². The Morgan fingerprint density at radius 2 is 1.61 bits per heavy atom. The van der Waals surface area contributed by atoms with Crippen molar-refractivity contribution in [2.45, 2.75) is 43.8 Å². The number of nitrogens with one attached hydrogen (secondary N) is 1. The summed E-state index contributed by atoms with van der Waals surface area (Å²) < 4.78 is 79.3. The summed E-state index contributed by atoms with van der Waals surface area (Å²) in [6, 6.07) is 10.8. The predicted molar refractivity (Wildman–Crippen MR) is 101 cm³/mol. The number of urea groups is 1. The summed E-state index contributed by atoms with van der Waals surface area (Å²) in [5.74, 6) is 0. The number of halogens is 6. The van der Waals surface area contributed by atoms with Crippen molar-refractivity contribution in [1.82, 2.24) is 5.32 Å². The topological polar surface area (TPSA) is 52.6 Å². The maximum absolute atomic E-state index is 13.2. The molecule has 0 aromatic heterocycles. The molecule has 168 valence electrons. The molecule has 2 aromatic rings. The van der Waals surface area contributed by atoms with Crippen LogP contribution in [0.3, 0.4) is 0 Å². The van der Waals surface area contributed by atoms with E-state index in [-0.39, 0.29) is 30.8 Å². The molecule has 0 fully saturated rings. The standard InChI is InChI=1S/C21H20F6N2O2/c22-20(23,24)19(31,21(25,26)27)16-9-10-17-15(12-16)8-4-5-11-29(17)18(30)28-13-14-6-2-1-3-7-14/h1-3,6-7,9-10,12,31H,4-5,8,11,13H2,(H,28,30). The van der Waals surface area contributed by atoms with Gasteiger partial charge in [0.05, 0.1) is 0 Å². The number of hydrogen-bond donors (Lipinski definition) is 2. The number of fused-ring (bicyclic) bond motifs is 1. The van der Waals surface area contributed by atoms with E-state index >= 15 is 0 Å². The first-order chi connectivity index (χ1) is 14.4. The minimum absolute atomic E-state index is 0.136. The van der Waals surface area contributed by atoms with Crippen molar-refractivity contribution in [3.05, 3.63) is 65.2 Å². The molecule has 0 spiro atoms. The monoisotopic (exact) mass is 446 g/mol. The van der Waals surface area contributed by atoms with Crippen LogP contribution in [-0.4, -0.2) is 30.0 Å². The minimum atomic E-state index is -5.96. The third-order valence-corrected chi connectivity index (χ3v) is 5.22. The summed E-state index contributed by atoms with van der Waals surface area (Å²) in [6.07, 6.45) is -10.8. The lowest BCUT2D eigenvalue weighted by atomic mass is 9.89. The first-order valence-corrected chi connectivity index (χ1v) is 9.53. The highest BCUT2D eigenvalue weighted by Gasteiger charge is 2.71. The van der Waals surface area contributed by atoms with Gasteiger partial charge in [0.25, 0.3) is 5.60 Å². The van der Waals surface area contributed by atoms with E-state index in [2.05, 4.69) is 5.32 Å². The lowest BCUT2D eigenvalue weighted by Gasteiger charge is -2.33. The third-order valence-electron chi connectivity index (χ3n) is 5.22. The molecule has 0 saturated carbocycles. The number of nitrogens with zero attached hydrogens (tertiary/aromatic N) is 1. The van der Waals surface area contributed by atoms with Crippen LogP contribution in [0.5, 0.6) is 0 Å². The number of aryl methyl sites for hydroxylation is 1. The smallest absolute Gasteiger partial charge is 0.369 e. The highest BCUT2D eigenvalue weighted by atomic mass is 19.4. The number of carbonyl (C=O) groups is 1. The number of rotatable bonds is 3. The van der Waals surface area contributed by atoms with Gasteiger partial charge in [-0.25, -0.2) is 4.79 Å². The van der Waals surface area contributed by atoms with Gasteiger partial charge < -0.3 is 10.4 Å². The molecular formula is C21H20F6N2O2. The van der Waals surface area contributed by atoms with Crippen molar-refractivity contribution in [2.75, 3.05) is 11.4 Å². The second-order valence-corrected chi connectivity index (χ2v) is 7.30. The SMILES string of the molecule is O=C(NCc1ccccc1)N1CCCCc2cc(C(O)(C(F)(F)F)C(F)(F)F)ccc21. The molecule has 1 aliphatic rings. The van der Waals surface area contributed by atoms with Crippen molar-refractivity contribution in [3.63, 3.8) is 0 Å². The van der Waals surface area contributed by atoms with Gasteiger partial charge in [0.15, 0.2) is 0 Å². The second-order valence-electron chi connectivity index (χ2n) is 7.30. The Morgan fingerprint density at radius 1 is 0.968 bits per heavy atom. The zero-order valence-electron chi connectivity index (χ0n) is 16.2. The van der Waals surface area contributed by atoms with E-state index < -0.39 is 29.5 Å². The van der Waals surface area contributed by atoms with Gasteiger partial charge in [0.2, 0.25) is 0 Å². The number of aliphatic hydroxyl groups is 1. The molecule has 0 atom stereocenters. The molecule has 1 heterocycles. The molecule has 2 amide bonds. The first-order valence-electron chi connectivity index (χ1n) is 9.53. The number of alkyl halides is 6. The van der Waals surface area contributed by atoms with Gasteiger partial charge in [-0.15, -0.1) is 0 Å². The molecule has 0 unspecified atom stereocenters. The molecule has 3 rings (SSSR count). The Labute approximate surface area is 174 Å². The van der Waals surface area contributed by atoms with Crippen molar-refractivity contribution < 1.29 is 36.2 Å². The largest absolute Gasteiger partial charge is 0.430 e. The van der Waals surface area contributed by atoms with E-state index in [4.69, 9.17) is 0 Å². The summed E-state index contributed by atoms with van der Waals surface area (Å²) >= 11 is 0. The van der Waals surface area contributed by atoms with Gasteiger partial charge in [0.1, 0.15) is 0 Å². The quantitative estimate of drug-likeness (QED) is 0.649. The zero-order chi connectivity index (χ0) is 22.9. The predicted octanol–water partition coefficient (Wildman–Crippen LogP) is 5.05. The van der Waals surface area contributed by atoms with E-state index in [0.717, 1.165) is 11.6 Å². The number of carbonyl (C=O) groups excluding carboxylic acids is 1. The Bertz CT molecular complexity index is 914. The third kappa shape index (κ3) is 4.48. The van der Waals surface area contributed by atoms with E-state index in [9.17, 15) is 36.2 Å². The minimum Gasteiger partial charge on any atom is -0.369 e. The lowest BCUT2D eigenvalue weighted by molar-refractivity contribution is -0.376. The molecule has 0 bridgehead atoms. The van der Waals surface area contributed by atoms with E-state index in [1.807, 2.05) is 6.07 Å². The molecule has 0 aliphatic carbocycles. The van der Waals surface area contributed by atoms with Gasteiger partial charge in [-0.3, -0.25) is 4.90 Å². The normalized spacial score (nSPS) is 15.3. The fourth-order valence-electron chi connectivity index (χ4n) is 3.55. The van der Waals surface area contributed by atoms with Crippen molar-refractivity contribution in [1.29, 1.82) is 0 Å². The van der Waals surface area contributed by atoms with Gasteiger partial charge in [-0.1, -0.05) is 42.5 Å². The molecule has 31 heavy (non-hydrogen) atoms. The zero-order valence-corrected chi connectivity index (χ0v) is 16.2. The number of amides is 2. The first kappa shape index (κ1) is 22.9. The average molecular weight is 446 g/mol. The average Bonchev–Trinajstić information content (AvgIpc) is 2.92. The fourth-order valence-corrected chi connectivity index (χ4v) is 3.55. The Morgan fingerprint density at radius 3 is 2.23 bits per heavy atom. The Hall–Kier alpha value is -2.75. The van der Waals surface area contributed by atoms with Gasteiger partial charge >= 0.3 is 18.4 Å². The van der Waals surface area contributed by atoms with Crippen LogP contribution in [0.25, 0.3) is 0 Å². The number of anilines is 1. The van der Waals surface area contributed by atoms with Crippen LogP contribution in [0.2, 0.25) is 0 Å². The molecule has 2 N–H and O–H groups in total. The van der Waals surface area contributed by atoms with Crippen molar-refractivity contribution in [2.24, 2.45) is 0 Å². The summed E-state index contributed by atoms with van der Waals surface area (Å²) in [4.78, 5) is 14.0. The fraction of sp³-hybridized carbons (Fsp3) is 0.381. The van der Waals surface area contributed by atoms with Crippen LogP contribution in [0.4, 0.5) is 36.8 Å². The molecule has 4 nitrogen and oxygen atoms in total. The summed E-state index contributed by atoms with van der Waals surface area (Å²) in [7, 11) is 0.